The van der Waals surface area contributed by atoms with Crippen molar-refractivity contribution in [1.82, 2.24) is 10.2 Å². The molecule has 0 saturated carbocycles. The molecule has 0 spiro atoms. The zero-order chi connectivity index (χ0) is 15.2. The fourth-order valence-electron chi connectivity index (χ4n) is 3.09. The number of ether oxygens (including phenoxy) is 2. The molecule has 1 unspecified atom stereocenters. The average Bonchev–Trinajstić information content (AvgIpc) is 2.89. The molecule has 1 aromatic carbocycles. The number of likely N-dealkylation sites (tertiary alicyclic amines) is 1. The van der Waals surface area contributed by atoms with Gasteiger partial charge in [-0.25, -0.2) is 0 Å². The van der Waals surface area contributed by atoms with E-state index in [9.17, 15) is 5.11 Å². The number of nitrogens with one attached hydrogen (secondary N) is 1. The fourth-order valence-corrected chi connectivity index (χ4v) is 3.09. The van der Waals surface area contributed by atoms with Crippen molar-refractivity contribution >= 4 is 0 Å². The molecule has 122 valence electrons. The van der Waals surface area contributed by atoms with Crippen LogP contribution in [0.15, 0.2) is 18.2 Å². The van der Waals surface area contributed by atoms with Crippen molar-refractivity contribution in [3.63, 3.8) is 0 Å². The summed E-state index contributed by atoms with van der Waals surface area (Å²) in [5.74, 6) is 1.68. The molecule has 3 rings (SSSR count). The lowest BCUT2D eigenvalue weighted by Gasteiger charge is -2.20. The Morgan fingerprint density at radius 2 is 1.95 bits per heavy atom. The van der Waals surface area contributed by atoms with Crippen molar-refractivity contribution in [3.05, 3.63) is 23.8 Å². The van der Waals surface area contributed by atoms with E-state index in [2.05, 4.69) is 10.2 Å². The second kappa shape index (κ2) is 7.81. The highest BCUT2D eigenvalue weighted by Crippen LogP contribution is 2.33. The van der Waals surface area contributed by atoms with Crippen molar-refractivity contribution in [2.75, 3.05) is 39.4 Å². The summed E-state index contributed by atoms with van der Waals surface area (Å²) in [7, 11) is 0. The Hall–Kier alpha value is -1.30. The first kappa shape index (κ1) is 15.6. The molecule has 5 heteroatoms. The lowest BCUT2D eigenvalue weighted by atomic mass is 10.2. The topological polar surface area (TPSA) is 54.0 Å². The minimum absolute atomic E-state index is 0.322. The molecular weight excluding hydrogens is 280 g/mol. The number of hydrogen-bond donors (Lipinski definition) is 2. The van der Waals surface area contributed by atoms with Crippen molar-refractivity contribution in [1.29, 1.82) is 0 Å². The minimum atomic E-state index is -0.322. The maximum Gasteiger partial charge on any atom is 0.165 e. The van der Waals surface area contributed by atoms with Gasteiger partial charge in [0.05, 0.1) is 19.3 Å². The highest BCUT2D eigenvalue weighted by Gasteiger charge is 2.17. The number of fused-ring (bicyclic) bond motifs is 1. The van der Waals surface area contributed by atoms with E-state index in [0.29, 0.717) is 26.3 Å². The minimum Gasteiger partial charge on any atom is -0.490 e. The number of aliphatic hydroxyl groups excluding tert-OH is 1. The third kappa shape index (κ3) is 4.12. The van der Waals surface area contributed by atoms with Crippen molar-refractivity contribution < 1.29 is 14.6 Å². The normalized spacial score (nSPS) is 19.9. The number of para-hydroxylation sites is 1. The monoisotopic (exact) mass is 306 g/mol. The van der Waals surface area contributed by atoms with Gasteiger partial charge < -0.3 is 24.8 Å². The summed E-state index contributed by atoms with van der Waals surface area (Å²) in [6, 6.07) is 5.99. The van der Waals surface area contributed by atoms with Crippen molar-refractivity contribution in [2.24, 2.45) is 0 Å². The van der Waals surface area contributed by atoms with Gasteiger partial charge in [0.15, 0.2) is 11.5 Å². The second-order valence-electron chi connectivity index (χ2n) is 6.09. The van der Waals surface area contributed by atoms with E-state index in [0.717, 1.165) is 43.1 Å². The predicted octanol–water partition coefficient (Wildman–Crippen LogP) is 1.39. The first-order chi connectivity index (χ1) is 10.8. The summed E-state index contributed by atoms with van der Waals surface area (Å²) in [6.07, 6.45) is 3.11. The van der Waals surface area contributed by atoms with Crippen LogP contribution < -0.4 is 14.8 Å². The van der Waals surface area contributed by atoms with Gasteiger partial charge in [-0.15, -0.1) is 0 Å². The Kier molecular flexibility index (Phi) is 5.53. The predicted molar refractivity (Wildman–Crippen MR) is 85.4 cm³/mol. The Bertz CT molecular complexity index is 475. The largest absolute Gasteiger partial charge is 0.490 e. The third-order valence-electron chi connectivity index (χ3n) is 4.22. The summed E-state index contributed by atoms with van der Waals surface area (Å²) < 4.78 is 11.5. The number of hydrogen-bond acceptors (Lipinski definition) is 5. The standard InChI is InChI=1S/C17H26N2O3/c20-15(13-19-7-1-2-8-19)12-18-11-14-5-3-6-16-17(14)22-10-4-9-21-16/h3,5-6,15,18,20H,1-2,4,7-13H2. The van der Waals surface area contributed by atoms with Crippen LogP contribution in [0.5, 0.6) is 11.5 Å². The SMILES string of the molecule is OC(CNCc1cccc2c1OCCCO2)CN1CCCC1. The molecule has 0 amide bonds. The molecule has 1 saturated heterocycles. The average molecular weight is 306 g/mol. The van der Waals surface area contributed by atoms with Crippen LogP contribution in [0, 0.1) is 0 Å². The summed E-state index contributed by atoms with van der Waals surface area (Å²) >= 11 is 0. The van der Waals surface area contributed by atoms with E-state index in [1.807, 2.05) is 18.2 Å². The van der Waals surface area contributed by atoms with Crippen LogP contribution in [0.3, 0.4) is 0 Å². The Morgan fingerprint density at radius 3 is 2.82 bits per heavy atom. The first-order valence-electron chi connectivity index (χ1n) is 8.31. The molecule has 2 N–H and O–H groups in total. The quantitative estimate of drug-likeness (QED) is 0.832. The summed E-state index contributed by atoms with van der Waals surface area (Å²) in [6.45, 7) is 5.69. The van der Waals surface area contributed by atoms with Crippen molar-refractivity contribution in [3.8, 4) is 11.5 Å². The lowest BCUT2D eigenvalue weighted by molar-refractivity contribution is 0.123. The summed E-state index contributed by atoms with van der Waals surface area (Å²) in [5, 5.41) is 13.4. The molecule has 5 nitrogen and oxygen atoms in total. The van der Waals surface area contributed by atoms with Crippen molar-refractivity contribution in [2.45, 2.75) is 31.9 Å². The number of aliphatic hydroxyl groups is 1. The zero-order valence-electron chi connectivity index (χ0n) is 13.1. The van der Waals surface area contributed by atoms with Crippen LogP contribution in [-0.2, 0) is 6.54 Å². The Labute approximate surface area is 132 Å². The molecule has 0 aliphatic carbocycles. The number of nitrogens with zero attached hydrogens (tertiary/aromatic N) is 1. The molecular formula is C17H26N2O3. The Morgan fingerprint density at radius 1 is 1.14 bits per heavy atom. The van der Waals surface area contributed by atoms with Gasteiger partial charge >= 0.3 is 0 Å². The van der Waals surface area contributed by atoms with E-state index < -0.39 is 0 Å². The maximum absolute atomic E-state index is 10.1. The smallest absolute Gasteiger partial charge is 0.165 e. The molecule has 22 heavy (non-hydrogen) atoms. The molecule has 2 aliphatic rings. The molecule has 0 bridgehead atoms. The van der Waals surface area contributed by atoms with Gasteiger partial charge in [0.25, 0.3) is 0 Å². The van der Waals surface area contributed by atoms with E-state index in [1.165, 1.54) is 12.8 Å². The van der Waals surface area contributed by atoms with Crippen LogP contribution >= 0.6 is 0 Å². The molecule has 1 atom stereocenters. The number of rotatable bonds is 6. The molecule has 1 aromatic rings. The third-order valence-corrected chi connectivity index (χ3v) is 4.22. The fraction of sp³-hybridized carbons (Fsp3) is 0.647. The molecule has 2 heterocycles. The number of β-amino-alcohol motifs (C(OH)–C–C–N with tert-alkyl or cyclic N) is 1. The second-order valence-corrected chi connectivity index (χ2v) is 6.09. The van der Waals surface area contributed by atoms with E-state index in [4.69, 9.17) is 9.47 Å². The molecule has 2 aliphatic heterocycles. The van der Waals surface area contributed by atoms with Crippen LogP contribution in [0.25, 0.3) is 0 Å². The van der Waals surface area contributed by atoms with Crippen LogP contribution in [0.4, 0.5) is 0 Å². The van der Waals surface area contributed by atoms with Gasteiger partial charge in [-0.05, 0) is 32.0 Å². The van der Waals surface area contributed by atoms with Crippen LogP contribution in [-0.4, -0.2) is 55.5 Å². The van der Waals surface area contributed by atoms with Gasteiger partial charge in [0, 0.05) is 31.6 Å². The van der Waals surface area contributed by atoms with E-state index in [1.54, 1.807) is 0 Å². The summed E-state index contributed by atoms with van der Waals surface area (Å²) in [4.78, 5) is 2.33. The first-order valence-corrected chi connectivity index (χ1v) is 8.31. The van der Waals surface area contributed by atoms with Gasteiger partial charge in [-0.2, -0.15) is 0 Å². The molecule has 0 aromatic heterocycles. The van der Waals surface area contributed by atoms with Gasteiger partial charge in [-0.3, -0.25) is 0 Å². The highest BCUT2D eigenvalue weighted by atomic mass is 16.5. The van der Waals surface area contributed by atoms with Crippen LogP contribution in [0.2, 0.25) is 0 Å². The van der Waals surface area contributed by atoms with E-state index in [-0.39, 0.29) is 6.10 Å². The van der Waals surface area contributed by atoms with Gasteiger partial charge in [-0.1, -0.05) is 12.1 Å². The lowest BCUT2D eigenvalue weighted by Crippen LogP contribution is -2.36. The summed E-state index contributed by atoms with van der Waals surface area (Å²) in [5.41, 5.74) is 1.09. The Balaban J connectivity index is 1.49. The highest BCUT2D eigenvalue weighted by molar-refractivity contribution is 5.47. The van der Waals surface area contributed by atoms with Crippen LogP contribution in [0.1, 0.15) is 24.8 Å². The zero-order valence-corrected chi connectivity index (χ0v) is 13.1. The molecule has 0 radical (unpaired) electrons. The maximum atomic E-state index is 10.1. The van der Waals surface area contributed by atoms with E-state index >= 15 is 0 Å². The number of benzene rings is 1. The van der Waals surface area contributed by atoms with Gasteiger partial charge in [0.1, 0.15) is 0 Å². The van der Waals surface area contributed by atoms with Gasteiger partial charge in [0.2, 0.25) is 0 Å². The molecule has 1 fully saturated rings.